The predicted molar refractivity (Wildman–Crippen MR) is 104 cm³/mol. The molecule has 26 heavy (non-hydrogen) atoms. The number of benzene rings is 1. The van der Waals surface area contributed by atoms with E-state index < -0.39 is 0 Å². The number of hydrogen-bond donors (Lipinski definition) is 1. The molecule has 0 spiro atoms. The molecule has 4 nitrogen and oxygen atoms in total. The van der Waals surface area contributed by atoms with Gasteiger partial charge >= 0.3 is 0 Å². The van der Waals surface area contributed by atoms with E-state index in [0.717, 1.165) is 57.3 Å². The van der Waals surface area contributed by atoms with Crippen molar-refractivity contribution in [1.82, 2.24) is 10.2 Å². The third-order valence-electron chi connectivity index (χ3n) is 5.88. The van der Waals surface area contributed by atoms with E-state index in [0.29, 0.717) is 12.5 Å². The van der Waals surface area contributed by atoms with E-state index >= 15 is 0 Å². The van der Waals surface area contributed by atoms with Crippen LogP contribution in [0.4, 0.5) is 0 Å². The number of carbonyl (C=O) groups is 2. The fraction of sp³-hybridized carbons (Fsp3) is 0.636. The molecule has 1 aliphatic heterocycles. The van der Waals surface area contributed by atoms with Gasteiger partial charge in [-0.2, -0.15) is 0 Å². The van der Waals surface area contributed by atoms with Crippen molar-refractivity contribution in [3.8, 4) is 0 Å². The molecule has 1 saturated carbocycles. The van der Waals surface area contributed by atoms with Gasteiger partial charge in [0.15, 0.2) is 5.78 Å². The summed E-state index contributed by atoms with van der Waals surface area (Å²) >= 11 is 0. The van der Waals surface area contributed by atoms with E-state index in [1.165, 1.54) is 19.3 Å². The van der Waals surface area contributed by atoms with Crippen LogP contribution < -0.4 is 5.32 Å². The molecule has 1 aromatic carbocycles. The van der Waals surface area contributed by atoms with Crippen LogP contribution in [0, 0.1) is 5.92 Å². The Bertz CT molecular complexity index is 573. The molecule has 1 saturated heterocycles. The largest absolute Gasteiger partial charge is 0.353 e. The zero-order valence-corrected chi connectivity index (χ0v) is 15.8. The highest BCUT2D eigenvalue weighted by molar-refractivity contribution is 5.95. The maximum absolute atomic E-state index is 12.4. The molecule has 0 atom stereocenters. The van der Waals surface area contributed by atoms with Crippen molar-refractivity contribution in [2.24, 2.45) is 5.92 Å². The summed E-state index contributed by atoms with van der Waals surface area (Å²) in [7, 11) is 0. The number of ketones is 1. The minimum Gasteiger partial charge on any atom is -0.353 e. The number of likely N-dealkylation sites (tertiary alicyclic amines) is 1. The molecule has 1 aliphatic carbocycles. The lowest BCUT2D eigenvalue weighted by Crippen LogP contribution is -2.46. The van der Waals surface area contributed by atoms with Crippen LogP contribution in [0.5, 0.6) is 0 Å². The average Bonchev–Trinajstić information content (AvgIpc) is 2.70. The number of carbonyl (C=O) groups excluding carboxylic acids is 2. The van der Waals surface area contributed by atoms with E-state index in [9.17, 15) is 9.59 Å². The number of nitrogens with one attached hydrogen (secondary N) is 1. The highest BCUT2D eigenvalue weighted by atomic mass is 16.2. The number of hydrogen-bond acceptors (Lipinski definition) is 3. The summed E-state index contributed by atoms with van der Waals surface area (Å²) in [5, 5.41) is 3.29. The zero-order chi connectivity index (χ0) is 18.2. The maximum Gasteiger partial charge on any atom is 0.223 e. The van der Waals surface area contributed by atoms with Gasteiger partial charge in [-0.05, 0) is 38.6 Å². The first-order chi connectivity index (χ1) is 12.7. The van der Waals surface area contributed by atoms with Crippen molar-refractivity contribution in [2.45, 2.75) is 63.8 Å². The fourth-order valence-electron chi connectivity index (χ4n) is 4.22. The van der Waals surface area contributed by atoms with Gasteiger partial charge in [0, 0.05) is 37.0 Å². The molecular formula is C22H32N2O2. The van der Waals surface area contributed by atoms with Crippen molar-refractivity contribution in [3.63, 3.8) is 0 Å². The third-order valence-corrected chi connectivity index (χ3v) is 5.88. The van der Waals surface area contributed by atoms with Crippen molar-refractivity contribution in [2.75, 3.05) is 19.6 Å². The molecule has 0 bridgehead atoms. The second kappa shape index (κ2) is 9.86. The Morgan fingerprint density at radius 1 is 0.962 bits per heavy atom. The molecule has 142 valence electrons. The quantitative estimate of drug-likeness (QED) is 0.756. The van der Waals surface area contributed by atoms with Crippen LogP contribution in [0.3, 0.4) is 0 Å². The lowest BCUT2D eigenvalue weighted by molar-refractivity contribution is -0.127. The number of amides is 1. The van der Waals surface area contributed by atoms with Crippen LogP contribution in [0.1, 0.15) is 68.1 Å². The zero-order valence-electron chi connectivity index (χ0n) is 15.8. The molecule has 1 aromatic rings. The summed E-state index contributed by atoms with van der Waals surface area (Å²) in [4.78, 5) is 26.9. The number of Topliss-reactive ketones (excluding diaryl/α,β-unsaturated/α-hetero) is 1. The van der Waals surface area contributed by atoms with Gasteiger partial charge in [-0.25, -0.2) is 0 Å². The molecule has 3 rings (SSSR count). The topological polar surface area (TPSA) is 49.4 Å². The molecule has 2 fully saturated rings. The van der Waals surface area contributed by atoms with E-state index in [2.05, 4.69) is 10.2 Å². The van der Waals surface area contributed by atoms with Gasteiger partial charge in [-0.3, -0.25) is 9.59 Å². The highest BCUT2D eigenvalue weighted by Crippen LogP contribution is 2.24. The van der Waals surface area contributed by atoms with Gasteiger partial charge in [0.05, 0.1) is 0 Å². The molecular weight excluding hydrogens is 324 g/mol. The summed E-state index contributed by atoms with van der Waals surface area (Å²) in [5.41, 5.74) is 0.816. The maximum atomic E-state index is 12.4. The molecule has 0 aromatic heterocycles. The van der Waals surface area contributed by atoms with Gasteiger partial charge in [0.25, 0.3) is 0 Å². The van der Waals surface area contributed by atoms with Crippen molar-refractivity contribution < 1.29 is 9.59 Å². The SMILES string of the molecule is O=C(CCCN1CCC(NC(=O)C2CCCCC2)CC1)c1ccccc1. The Balaban J connectivity index is 1.31. The summed E-state index contributed by atoms with van der Waals surface area (Å²) in [6.07, 6.45) is 9.43. The summed E-state index contributed by atoms with van der Waals surface area (Å²) in [6.45, 7) is 3.02. The van der Waals surface area contributed by atoms with E-state index in [1.54, 1.807) is 0 Å². The molecule has 0 radical (unpaired) electrons. The Kier molecular flexibility index (Phi) is 7.24. The first-order valence-corrected chi connectivity index (χ1v) is 10.3. The molecule has 1 amide bonds. The first kappa shape index (κ1) is 19.1. The van der Waals surface area contributed by atoms with Gasteiger partial charge in [0.1, 0.15) is 0 Å². The van der Waals surface area contributed by atoms with Crippen LogP contribution in [-0.2, 0) is 4.79 Å². The molecule has 0 unspecified atom stereocenters. The normalized spacial score (nSPS) is 20.0. The van der Waals surface area contributed by atoms with Crippen LogP contribution >= 0.6 is 0 Å². The van der Waals surface area contributed by atoms with Crippen molar-refractivity contribution in [3.05, 3.63) is 35.9 Å². The second-order valence-electron chi connectivity index (χ2n) is 7.85. The van der Waals surface area contributed by atoms with E-state index in [4.69, 9.17) is 0 Å². The van der Waals surface area contributed by atoms with Gasteiger partial charge in [-0.15, -0.1) is 0 Å². The van der Waals surface area contributed by atoms with Crippen molar-refractivity contribution in [1.29, 1.82) is 0 Å². The Morgan fingerprint density at radius 3 is 2.35 bits per heavy atom. The second-order valence-corrected chi connectivity index (χ2v) is 7.85. The van der Waals surface area contributed by atoms with Crippen LogP contribution in [0.2, 0.25) is 0 Å². The van der Waals surface area contributed by atoms with Crippen LogP contribution in [-0.4, -0.2) is 42.3 Å². The first-order valence-electron chi connectivity index (χ1n) is 10.3. The number of piperidine rings is 1. The fourth-order valence-corrected chi connectivity index (χ4v) is 4.22. The molecule has 1 heterocycles. The minimum atomic E-state index is 0.236. The molecule has 4 heteroatoms. The standard InChI is InChI=1S/C22H32N2O2/c25-21(18-8-3-1-4-9-18)12-7-15-24-16-13-20(14-17-24)23-22(26)19-10-5-2-6-11-19/h1,3-4,8-9,19-20H,2,5-7,10-17H2,(H,23,26). The van der Waals surface area contributed by atoms with E-state index in [1.807, 2.05) is 30.3 Å². The Morgan fingerprint density at radius 2 is 1.65 bits per heavy atom. The van der Waals surface area contributed by atoms with Crippen molar-refractivity contribution >= 4 is 11.7 Å². The van der Waals surface area contributed by atoms with Gasteiger partial charge in [-0.1, -0.05) is 49.6 Å². The number of rotatable bonds is 7. The monoisotopic (exact) mass is 356 g/mol. The lowest BCUT2D eigenvalue weighted by Gasteiger charge is -2.33. The summed E-state index contributed by atoms with van der Waals surface area (Å²) in [5.74, 6) is 0.780. The average molecular weight is 357 g/mol. The third kappa shape index (κ3) is 5.66. The summed E-state index contributed by atoms with van der Waals surface area (Å²) in [6, 6.07) is 9.89. The van der Waals surface area contributed by atoms with Crippen LogP contribution in [0.25, 0.3) is 0 Å². The highest BCUT2D eigenvalue weighted by Gasteiger charge is 2.25. The Hall–Kier alpha value is -1.68. The molecule has 1 N–H and O–H groups in total. The van der Waals surface area contributed by atoms with Gasteiger partial charge < -0.3 is 10.2 Å². The number of nitrogens with zero attached hydrogens (tertiary/aromatic N) is 1. The summed E-state index contributed by atoms with van der Waals surface area (Å²) < 4.78 is 0. The Labute approximate surface area is 157 Å². The van der Waals surface area contributed by atoms with Gasteiger partial charge in [0.2, 0.25) is 5.91 Å². The predicted octanol–water partition coefficient (Wildman–Crippen LogP) is 3.81. The minimum absolute atomic E-state index is 0.236. The lowest BCUT2D eigenvalue weighted by atomic mass is 9.88. The van der Waals surface area contributed by atoms with Crippen LogP contribution in [0.15, 0.2) is 30.3 Å². The molecule has 2 aliphatic rings. The van der Waals surface area contributed by atoms with E-state index in [-0.39, 0.29) is 17.6 Å². The smallest absolute Gasteiger partial charge is 0.223 e.